The SMILES string of the molecule is Cc1cc2nc(-c3ccc(OC(C)C)c(N)c3)[nH]c2cc1C. The van der Waals surface area contributed by atoms with E-state index < -0.39 is 0 Å². The van der Waals surface area contributed by atoms with Crippen LogP contribution in [0, 0.1) is 13.8 Å². The Labute approximate surface area is 130 Å². The van der Waals surface area contributed by atoms with Crippen LogP contribution >= 0.6 is 0 Å². The van der Waals surface area contributed by atoms with Gasteiger partial charge in [0, 0.05) is 5.56 Å². The lowest BCUT2D eigenvalue weighted by molar-refractivity contribution is 0.244. The third-order valence-corrected chi connectivity index (χ3v) is 3.74. The number of nitrogen functional groups attached to an aromatic ring is 1. The molecule has 0 radical (unpaired) electrons. The first-order valence-electron chi connectivity index (χ1n) is 7.47. The van der Waals surface area contributed by atoms with Crippen LogP contribution in [0.3, 0.4) is 0 Å². The fourth-order valence-electron chi connectivity index (χ4n) is 2.46. The number of rotatable bonds is 3. The molecule has 3 rings (SSSR count). The average Bonchev–Trinajstić information content (AvgIpc) is 2.84. The predicted octanol–water partition coefficient (Wildman–Crippen LogP) is 4.22. The highest BCUT2D eigenvalue weighted by Crippen LogP contribution is 2.29. The Morgan fingerprint density at radius 2 is 1.82 bits per heavy atom. The first-order valence-corrected chi connectivity index (χ1v) is 7.47. The molecule has 1 heterocycles. The topological polar surface area (TPSA) is 63.9 Å². The van der Waals surface area contributed by atoms with E-state index in [-0.39, 0.29) is 6.10 Å². The van der Waals surface area contributed by atoms with Crippen molar-refractivity contribution < 1.29 is 4.74 Å². The molecule has 0 aliphatic rings. The molecule has 0 aliphatic heterocycles. The minimum absolute atomic E-state index is 0.102. The van der Waals surface area contributed by atoms with Gasteiger partial charge in [0.05, 0.1) is 22.8 Å². The van der Waals surface area contributed by atoms with Gasteiger partial charge in [-0.05, 0) is 69.2 Å². The van der Waals surface area contributed by atoms with Gasteiger partial charge < -0.3 is 15.5 Å². The number of nitrogens with one attached hydrogen (secondary N) is 1. The number of hydrogen-bond acceptors (Lipinski definition) is 3. The standard InChI is InChI=1S/C18H21N3O/c1-10(2)22-17-6-5-13(9-14(17)19)18-20-15-7-11(3)12(4)8-16(15)21-18/h5-10H,19H2,1-4H3,(H,20,21). The number of nitrogens with zero attached hydrogens (tertiary/aromatic N) is 1. The predicted molar refractivity (Wildman–Crippen MR) is 91.2 cm³/mol. The van der Waals surface area contributed by atoms with Gasteiger partial charge >= 0.3 is 0 Å². The number of fused-ring (bicyclic) bond motifs is 1. The summed E-state index contributed by atoms with van der Waals surface area (Å²) in [5, 5.41) is 0. The van der Waals surface area contributed by atoms with Crippen LogP contribution in [0.5, 0.6) is 5.75 Å². The van der Waals surface area contributed by atoms with Crippen LogP contribution in [0.25, 0.3) is 22.4 Å². The maximum Gasteiger partial charge on any atom is 0.142 e. The van der Waals surface area contributed by atoms with Crippen LogP contribution in [0.15, 0.2) is 30.3 Å². The summed E-state index contributed by atoms with van der Waals surface area (Å²) >= 11 is 0. The molecule has 2 aromatic carbocycles. The van der Waals surface area contributed by atoms with Crippen molar-refractivity contribution in [3.8, 4) is 17.1 Å². The van der Waals surface area contributed by atoms with E-state index in [1.165, 1.54) is 11.1 Å². The molecule has 0 aliphatic carbocycles. The summed E-state index contributed by atoms with van der Waals surface area (Å²) in [6, 6.07) is 10.0. The Morgan fingerprint density at radius 1 is 1.09 bits per heavy atom. The third kappa shape index (κ3) is 2.64. The fraction of sp³-hybridized carbons (Fsp3) is 0.278. The highest BCUT2D eigenvalue weighted by atomic mass is 16.5. The van der Waals surface area contributed by atoms with Crippen molar-refractivity contribution >= 4 is 16.7 Å². The molecule has 0 fully saturated rings. The molecule has 1 aromatic heterocycles. The molecule has 0 saturated carbocycles. The molecular weight excluding hydrogens is 274 g/mol. The van der Waals surface area contributed by atoms with E-state index in [4.69, 9.17) is 10.5 Å². The molecule has 22 heavy (non-hydrogen) atoms. The van der Waals surface area contributed by atoms with Crippen molar-refractivity contribution in [1.82, 2.24) is 9.97 Å². The number of ether oxygens (including phenoxy) is 1. The molecule has 0 amide bonds. The number of hydrogen-bond donors (Lipinski definition) is 2. The van der Waals surface area contributed by atoms with Gasteiger partial charge in [0.15, 0.2) is 0 Å². The second-order valence-corrected chi connectivity index (χ2v) is 5.96. The van der Waals surface area contributed by atoms with E-state index in [9.17, 15) is 0 Å². The molecule has 3 N–H and O–H groups in total. The van der Waals surface area contributed by atoms with Crippen LogP contribution in [-0.2, 0) is 0 Å². The summed E-state index contributed by atoms with van der Waals surface area (Å²) in [6.07, 6.45) is 0.102. The zero-order valence-electron chi connectivity index (χ0n) is 13.4. The van der Waals surface area contributed by atoms with Crippen molar-refractivity contribution in [2.45, 2.75) is 33.8 Å². The van der Waals surface area contributed by atoms with Crippen LogP contribution in [0.4, 0.5) is 5.69 Å². The molecule has 4 heteroatoms. The summed E-state index contributed by atoms with van der Waals surface area (Å²) in [7, 11) is 0. The van der Waals surface area contributed by atoms with Crippen molar-refractivity contribution in [3.63, 3.8) is 0 Å². The molecule has 0 spiro atoms. The van der Waals surface area contributed by atoms with E-state index in [0.29, 0.717) is 11.4 Å². The zero-order valence-corrected chi connectivity index (χ0v) is 13.4. The second kappa shape index (κ2) is 5.37. The number of aromatic nitrogens is 2. The van der Waals surface area contributed by atoms with E-state index in [1.54, 1.807) is 0 Å². The Hall–Kier alpha value is -2.49. The van der Waals surface area contributed by atoms with Crippen LogP contribution in [0.2, 0.25) is 0 Å². The number of nitrogens with two attached hydrogens (primary N) is 1. The van der Waals surface area contributed by atoms with Crippen LogP contribution < -0.4 is 10.5 Å². The first-order chi connectivity index (χ1) is 10.4. The Bertz CT molecular complexity index is 795. The largest absolute Gasteiger partial charge is 0.489 e. The summed E-state index contributed by atoms with van der Waals surface area (Å²) in [4.78, 5) is 8.02. The van der Waals surface area contributed by atoms with E-state index in [1.807, 2.05) is 32.0 Å². The first kappa shape index (κ1) is 14.4. The van der Waals surface area contributed by atoms with Gasteiger partial charge in [-0.3, -0.25) is 0 Å². The molecule has 0 unspecified atom stereocenters. The molecule has 0 bridgehead atoms. The molecular formula is C18H21N3O. The minimum Gasteiger partial charge on any atom is -0.489 e. The van der Waals surface area contributed by atoms with Gasteiger partial charge in [-0.25, -0.2) is 4.98 Å². The number of benzene rings is 2. The summed E-state index contributed by atoms with van der Waals surface area (Å²) in [5.74, 6) is 1.53. The number of H-pyrrole nitrogens is 1. The monoisotopic (exact) mass is 295 g/mol. The summed E-state index contributed by atoms with van der Waals surface area (Å²) in [5.41, 5.74) is 12.2. The van der Waals surface area contributed by atoms with E-state index in [0.717, 1.165) is 22.4 Å². The highest BCUT2D eigenvalue weighted by Gasteiger charge is 2.10. The molecule has 114 valence electrons. The maximum atomic E-state index is 6.08. The van der Waals surface area contributed by atoms with E-state index >= 15 is 0 Å². The van der Waals surface area contributed by atoms with Crippen molar-refractivity contribution in [3.05, 3.63) is 41.5 Å². The highest BCUT2D eigenvalue weighted by molar-refractivity contribution is 5.81. The van der Waals surface area contributed by atoms with Gasteiger partial charge in [-0.1, -0.05) is 0 Å². The molecule has 4 nitrogen and oxygen atoms in total. The Morgan fingerprint density at radius 3 is 2.50 bits per heavy atom. The van der Waals surface area contributed by atoms with Crippen LogP contribution in [-0.4, -0.2) is 16.1 Å². The zero-order chi connectivity index (χ0) is 15.9. The average molecular weight is 295 g/mol. The number of imidazole rings is 1. The van der Waals surface area contributed by atoms with Gasteiger partial charge in [0.1, 0.15) is 11.6 Å². The molecule has 3 aromatic rings. The second-order valence-electron chi connectivity index (χ2n) is 5.96. The lowest BCUT2D eigenvalue weighted by atomic mass is 10.1. The molecule has 0 saturated heterocycles. The number of aryl methyl sites for hydroxylation is 2. The Kier molecular flexibility index (Phi) is 3.53. The smallest absolute Gasteiger partial charge is 0.142 e. The van der Waals surface area contributed by atoms with Crippen molar-refractivity contribution in [2.24, 2.45) is 0 Å². The summed E-state index contributed by atoms with van der Waals surface area (Å²) < 4.78 is 5.67. The minimum atomic E-state index is 0.102. The lowest BCUT2D eigenvalue weighted by Crippen LogP contribution is -2.07. The third-order valence-electron chi connectivity index (χ3n) is 3.74. The van der Waals surface area contributed by atoms with E-state index in [2.05, 4.69) is 35.9 Å². The van der Waals surface area contributed by atoms with Crippen molar-refractivity contribution in [2.75, 3.05) is 5.73 Å². The maximum absolute atomic E-state index is 6.08. The lowest BCUT2D eigenvalue weighted by Gasteiger charge is -2.12. The van der Waals surface area contributed by atoms with Crippen LogP contribution in [0.1, 0.15) is 25.0 Å². The number of aromatic amines is 1. The van der Waals surface area contributed by atoms with Gasteiger partial charge in [-0.2, -0.15) is 0 Å². The molecule has 0 atom stereocenters. The van der Waals surface area contributed by atoms with Gasteiger partial charge in [0.2, 0.25) is 0 Å². The van der Waals surface area contributed by atoms with Crippen molar-refractivity contribution in [1.29, 1.82) is 0 Å². The fourth-order valence-corrected chi connectivity index (χ4v) is 2.46. The normalized spacial score (nSPS) is 11.3. The quantitative estimate of drug-likeness (QED) is 0.711. The Balaban J connectivity index is 2.02. The summed E-state index contributed by atoms with van der Waals surface area (Å²) in [6.45, 7) is 8.17. The van der Waals surface area contributed by atoms with Gasteiger partial charge in [0.25, 0.3) is 0 Å². The van der Waals surface area contributed by atoms with Gasteiger partial charge in [-0.15, -0.1) is 0 Å². The number of anilines is 1.